The van der Waals surface area contributed by atoms with Crippen LogP contribution < -0.4 is 25.8 Å². The molecule has 6 atom stereocenters. The van der Waals surface area contributed by atoms with Crippen LogP contribution in [-0.2, 0) is 17.6 Å². The fourth-order valence-electron chi connectivity index (χ4n) is 7.63. The number of allylic oxidation sites excluding steroid dienone is 1. The molecule has 274 valence electrons. The summed E-state index contributed by atoms with van der Waals surface area (Å²) in [6.45, 7) is 4.91. The number of aliphatic imine (C=N–C) groups is 1. The predicted molar refractivity (Wildman–Crippen MR) is 202 cm³/mol. The van der Waals surface area contributed by atoms with Crippen LogP contribution in [0, 0.1) is 35.7 Å². The first-order valence-corrected chi connectivity index (χ1v) is 19.1. The van der Waals surface area contributed by atoms with E-state index in [2.05, 4.69) is 43.9 Å². The molecular weight excluding hydrogens is 652 g/mol. The van der Waals surface area contributed by atoms with Gasteiger partial charge in [0.05, 0.1) is 17.8 Å². The predicted octanol–water partition coefficient (Wildman–Crippen LogP) is 4.72. The van der Waals surface area contributed by atoms with E-state index in [-0.39, 0.29) is 17.6 Å². The number of quaternary nitrogens is 1. The Hall–Kier alpha value is -4.22. The van der Waals surface area contributed by atoms with Crippen molar-refractivity contribution in [1.82, 2.24) is 0 Å². The topological polar surface area (TPSA) is 145 Å². The Balaban J connectivity index is 1.26. The number of nitrogens with two attached hydrogens (primary N) is 2. The van der Waals surface area contributed by atoms with Gasteiger partial charge in [-0.05, 0) is 59.2 Å². The number of aliphatic hydroxyl groups is 2. The van der Waals surface area contributed by atoms with E-state index < -0.39 is 24.6 Å². The monoisotopic (exact) mass is 705 g/mol. The number of benzene rings is 2. The Kier molecular flexibility index (Phi) is 12.7. The lowest BCUT2D eigenvalue weighted by Gasteiger charge is -2.27. The van der Waals surface area contributed by atoms with Crippen LogP contribution in [0.15, 0.2) is 64.9 Å². The van der Waals surface area contributed by atoms with Crippen molar-refractivity contribution in [2.45, 2.75) is 115 Å². The molecular formula is C43H53N4O5+. The molecule has 4 heterocycles. The van der Waals surface area contributed by atoms with Crippen molar-refractivity contribution in [2.24, 2.45) is 28.3 Å². The molecule has 6 unspecified atom stereocenters. The van der Waals surface area contributed by atoms with E-state index in [9.17, 15) is 15.0 Å². The van der Waals surface area contributed by atoms with Crippen molar-refractivity contribution in [3.63, 3.8) is 0 Å². The first-order chi connectivity index (χ1) is 25.2. The molecule has 0 radical (unpaired) electrons. The number of hydrogen-bond acceptors (Lipinski definition) is 8. The average Bonchev–Trinajstić information content (AvgIpc) is 3.74. The molecule has 9 heteroatoms. The van der Waals surface area contributed by atoms with Gasteiger partial charge < -0.3 is 31.2 Å². The molecule has 0 saturated carbocycles. The summed E-state index contributed by atoms with van der Waals surface area (Å²) in [6.07, 6.45) is 13.5. The van der Waals surface area contributed by atoms with Gasteiger partial charge in [0.15, 0.2) is 11.5 Å². The van der Waals surface area contributed by atoms with E-state index in [1.165, 1.54) is 0 Å². The molecule has 0 aliphatic carbocycles. The number of fused-ring (bicyclic) bond motifs is 5. The maximum absolute atomic E-state index is 13.6. The molecule has 2 bridgehead atoms. The molecule has 6 rings (SSSR count). The highest BCUT2D eigenvalue weighted by atomic mass is 16.5. The van der Waals surface area contributed by atoms with E-state index in [1.807, 2.05) is 42.6 Å². The number of nitrogens with zero attached hydrogens (tertiary/aromatic N) is 1. The number of unbranched alkanes of at least 4 members (excludes halogenated alkanes) is 4. The summed E-state index contributed by atoms with van der Waals surface area (Å²) in [5.41, 5.74) is 18.5. The number of ketones is 1. The zero-order valence-corrected chi connectivity index (χ0v) is 30.5. The number of Topliss-reactive ketones (excluding diaryl/α,β-unsaturated/α-hetero) is 1. The third-order valence-electron chi connectivity index (χ3n) is 10.7. The smallest absolute Gasteiger partial charge is 0.251 e. The minimum atomic E-state index is -1.04. The second kappa shape index (κ2) is 17.5. The number of nitrogens with one attached hydrogen (secondary N) is 1. The van der Waals surface area contributed by atoms with Gasteiger partial charge in [0.2, 0.25) is 0 Å². The third-order valence-corrected chi connectivity index (χ3v) is 10.7. The highest BCUT2D eigenvalue weighted by molar-refractivity contribution is 6.08. The fraction of sp³-hybridized carbons (Fsp3) is 0.488. The van der Waals surface area contributed by atoms with Crippen LogP contribution in [0.25, 0.3) is 0 Å². The van der Waals surface area contributed by atoms with Crippen molar-refractivity contribution in [3.8, 4) is 35.4 Å². The number of aryl methyl sites for hydroxylation is 1. The van der Waals surface area contributed by atoms with Crippen LogP contribution in [0.2, 0.25) is 0 Å². The zero-order chi connectivity index (χ0) is 36.6. The van der Waals surface area contributed by atoms with Gasteiger partial charge in [-0.15, -0.1) is 0 Å². The van der Waals surface area contributed by atoms with Gasteiger partial charge in [-0.1, -0.05) is 94.4 Å². The Morgan fingerprint density at radius 3 is 2.63 bits per heavy atom. The molecule has 0 amide bonds. The van der Waals surface area contributed by atoms with Crippen molar-refractivity contribution in [3.05, 3.63) is 82.2 Å². The molecule has 0 fully saturated rings. The summed E-state index contributed by atoms with van der Waals surface area (Å²) in [7, 11) is 0. The second-order valence-electron chi connectivity index (χ2n) is 14.5. The second-order valence-corrected chi connectivity index (χ2v) is 14.5. The summed E-state index contributed by atoms with van der Waals surface area (Å²) in [5.74, 6) is 10.0. The largest absolute Gasteiger partial charge is 0.437 e. The van der Waals surface area contributed by atoms with Crippen LogP contribution in [0.1, 0.15) is 113 Å². The highest BCUT2D eigenvalue weighted by Crippen LogP contribution is 2.34. The fourth-order valence-corrected chi connectivity index (χ4v) is 7.63. The summed E-state index contributed by atoms with van der Waals surface area (Å²) in [5, 5.41) is 22.4. The van der Waals surface area contributed by atoms with Crippen LogP contribution >= 0.6 is 0 Å². The van der Waals surface area contributed by atoms with Crippen molar-refractivity contribution in [1.29, 1.82) is 0 Å². The van der Waals surface area contributed by atoms with Gasteiger partial charge >= 0.3 is 0 Å². The van der Waals surface area contributed by atoms with E-state index in [4.69, 9.17) is 25.9 Å². The molecule has 0 aromatic heterocycles. The Bertz CT molecular complexity index is 1840. The van der Waals surface area contributed by atoms with Crippen molar-refractivity contribution >= 4 is 11.5 Å². The molecule has 0 saturated heterocycles. The number of rotatable bonds is 14. The van der Waals surface area contributed by atoms with Crippen LogP contribution in [-0.4, -0.2) is 40.6 Å². The first-order valence-electron chi connectivity index (χ1n) is 19.1. The minimum Gasteiger partial charge on any atom is -0.437 e. The molecule has 52 heavy (non-hydrogen) atoms. The van der Waals surface area contributed by atoms with Gasteiger partial charge in [0.25, 0.3) is 6.23 Å². The highest BCUT2D eigenvalue weighted by Gasteiger charge is 2.40. The molecule has 0 spiro atoms. The van der Waals surface area contributed by atoms with Crippen molar-refractivity contribution < 1.29 is 29.4 Å². The molecule has 2 aromatic rings. The third kappa shape index (κ3) is 8.86. The van der Waals surface area contributed by atoms with Gasteiger partial charge in [-0.3, -0.25) is 14.7 Å². The van der Waals surface area contributed by atoms with Gasteiger partial charge in [-0.2, -0.15) is 0 Å². The maximum Gasteiger partial charge on any atom is 0.251 e. The normalized spacial score (nSPS) is 22.6. The SMILES string of the molecule is CCCCCC(O)C(CCCCC)C(=O)CCc1ccc2c(c1)OC1C(C#CC(O)c3ccc(C(N)N)cc3CC3=CN=C4C[NH+]1C=C34)CC#CO2. The lowest BCUT2D eigenvalue weighted by atomic mass is 9.86. The summed E-state index contributed by atoms with van der Waals surface area (Å²) in [6, 6.07) is 11.4. The maximum atomic E-state index is 13.6. The molecule has 9 nitrogen and oxygen atoms in total. The van der Waals surface area contributed by atoms with E-state index >= 15 is 0 Å². The lowest BCUT2D eigenvalue weighted by molar-refractivity contribution is -0.886. The molecule has 2 aromatic carbocycles. The minimum absolute atomic E-state index is 0.118. The number of ether oxygens (including phenoxy) is 2. The summed E-state index contributed by atoms with van der Waals surface area (Å²) < 4.78 is 12.7. The number of aliphatic hydroxyl groups excluding tert-OH is 2. The van der Waals surface area contributed by atoms with Crippen LogP contribution in [0.3, 0.4) is 0 Å². The summed E-state index contributed by atoms with van der Waals surface area (Å²) >= 11 is 0. The number of carbonyl (C=O) groups excluding carboxylic acids is 1. The zero-order valence-electron chi connectivity index (χ0n) is 30.5. The lowest BCUT2D eigenvalue weighted by Crippen LogP contribution is -3.13. The van der Waals surface area contributed by atoms with Crippen LogP contribution in [0.5, 0.6) is 11.5 Å². The Morgan fingerprint density at radius 2 is 1.85 bits per heavy atom. The van der Waals surface area contributed by atoms with Crippen molar-refractivity contribution in [2.75, 3.05) is 6.54 Å². The molecule has 4 aliphatic heterocycles. The van der Waals surface area contributed by atoms with Crippen LogP contribution in [0.4, 0.5) is 0 Å². The van der Waals surface area contributed by atoms with Gasteiger partial charge in [0.1, 0.15) is 42.4 Å². The van der Waals surface area contributed by atoms with E-state index in [0.717, 1.165) is 83.4 Å². The quantitative estimate of drug-likeness (QED) is 0.109. The standard InChI is InChI=1S/C43H52N4O5/c1-3-5-7-11-34(37(48)12-8-6-4-2)39(50)18-13-28-14-20-40-41(22-28)52-43-29(10-9-21-51-40)16-19-38(49)33-17-15-30(42(44)45)23-31(33)24-32-25-46-36-27-47(43)26-35(32)36/h14-15,17,20,22-23,25-26,29,34,37-38,42-43,48-49H,3-8,10-13,18,24,27,44-45H2,1-2H3/p+1. The van der Waals surface area contributed by atoms with E-state index in [1.54, 1.807) is 0 Å². The summed E-state index contributed by atoms with van der Waals surface area (Å²) in [4.78, 5) is 19.4. The van der Waals surface area contributed by atoms with Gasteiger partial charge in [0, 0.05) is 31.4 Å². The molecule has 7 N–H and O–H groups in total. The number of carbonyl (C=O) groups is 1. The average molecular weight is 706 g/mol. The number of hydrogen-bond donors (Lipinski definition) is 5. The molecule has 4 aliphatic rings. The van der Waals surface area contributed by atoms with E-state index in [0.29, 0.717) is 55.7 Å². The Morgan fingerprint density at radius 1 is 1.04 bits per heavy atom. The van der Waals surface area contributed by atoms with Gasteiger partial charge in [-0.25, -0.2) is 0 Å². The Labute approximate surface area is 308 Å². The first kappa shape index (κ1) is 37.5.